The lowest BCUT2D eigenvalue weighted by Gasteiger charge is -2.25. The molecule has 2 aromatic carbocycles. The summed E-state index contributed by atoms with van der Waals surface area (Å²) in [5.74, 6) is -1.91. The van der Waals surface area contributed by atoms with Crippen molar-refractivity contribution < 1.29 is 24.5 Å². The number of rotatable bonds is 4. The lowest BCUT2D eigenvalue weighted by atomic mass is 9.97. The highest BCUT2D eigenvalue weighted by Gasteiger charge is 2.48. The van der Waals surface area contributed by atoms with Gasteiger partial charge in [0.05, 0.1) is 29.6 Å². The number of anilines is 1. The molecule has 1 amide bonds. The van der Waals surface area contributed by atoms with Crippen molar-refractivity contribution in [1.29, 1.82) is 0 Å². The highest BCUT2D eigenvalue weighted by molar-refractivity contribution is 6.51. The van der Waals surface area contributed by atoms with Gasteiger partial charge in [0.1, 0.15) is 23.3 Å². The third kappa shape index (κ3) is 3.47. The molecule has 3 aromatic rings. The van der Waals surface area contributed by atoms with Gasteiger partial charge < -0.3 is 14.9 Å². The molecule has 32 heavy (non-hydrogen) atoms. The van der Waals surface area contributed by atoms with Crippen molar-refractivity contribution in [1.82, 2.24) is 4.98 Å². The molecule has 1 fully saturated rings. The lowest BCUT2D eigenvalue weighted by Crippen LogP contribution is -2.30. The van der Waals surface area contributed by atoms with E-state index in [0.29, 0.717) is 17.0 Å². The fourth-order valence-electron chi connectivity index (χ4n) is 3.88. The maximum absolute atomic E-state index is 13.2. The van der Waals surface area contributed by atoms with Crippen LogP contribution in [0.25, 0.3) is 5.76 Å². The average Bonchev–Trinajstić information content (AvgIpc) is 3.06. The van der Waals surface area contributed by atoms with Crippen LogP contribution in [0.3, 0.4) is 0 Å². The SMILES string of the molecule is COc1ccc(C)cc1/C(O)=C1\C(=O)C(=O)N(c2cc(C)ccc2O)C1c1ccccn1. The number of aromatic hydroxyl groups is 1. The molecule has 162 valence electrons. The van der Waals surface area contributed by atoms with Crippen LogP contribution in [0.4, 0.5) is 5.69 Å². The van der Waals surface area contributed by atoms with Crippen molar-refractivity contribution in [3.8, 4) is 11.5 Å². The number of phenolic OH excluding ortho intramolecular Hbond substituents is 1. The first-order chi connectivity index (χ1) is 15.3. The number of benzene rings is 2. The topological polar surface area (TPSA) is 100.0 Å². The number of methoxy groups -OCH3 is 1. The molecule has 7 nitrogen and oxygen atoms in total. The number of hydrogen-bond donors (Lipinski definition) is 2. The molecule has 2 N–H and O–H groups in total. The molecule has 0 bridgehead atoms. The number of hydrogen-bond acceptors (Lipinski definition) is 6. The highest BCUT2D eigenvalue weighted by Crippen LogP contribution is 2.45. The zero-order valence-electron chi connectivity index (χ0n) is 17.9. The molecule has 1 atom stereocenters. The van der Waals surface area contributed by atoms with Crippen LogP contribution in [0.1, 0.15) is 28.4 Å². The van der Waals surface area contributed by atoms with Gasteiger partial charge in [0.15, 0.2) is 0 Å². The van der Waals surface area contributed by atoms with E-state index in [4.69, 9.17) is 4.74 Å². The normalized spacial score (nSPS) is 17.6. The van der Waals surface area contributed by atoms with Crippen LogP contribution in [-0.4, -0.2) is 34.0 Å². The van der Waals surface area contributed by atoms with Crippen LogP contribution in [0.5, 0.6) is 11.5 Å². The Morgan fingerprint density at radius 2 is 1.75 bits per heavy atom. The van der Waals surface area contributed by atoms with Gasteiger partial charge in [-0.05, 0) is 55.8 Å². The molecule has 1 saturated heterocycles. The molecule has 1 unspecified atom stereocenters. The molecule has 4 rings (SSSR count). The second kappa shape index (κ2) is 8.19. The van der Waals surface area contributed by atoms with Crippen LogP contribution >= 0.6 is 0 Å². The van der Waals surface area contributed by atoms with Gasteiger partial charge in [0.2, 0.25) is 0 Å². The summed E-state index contributed by atoms with van der Waals surface area (Å²) in [5, 5.41) is 21.8. The molecule has 1 aliphatic heterocycles. The van der Waals surface area contributed by atoms with Gasteiger partial charge in [-0.3, -0.25) is 19.5 Å². The highest BCUT2D eigenvalue weighted by atomic mass is 16.5. The first kappa shape index (κ1) is 21.1. The van der Waals surface area contributed by atoms with E-state index in [-0.39, 0.29) is 22.8 Å². The van der Waals surface area contributed by atoms with Crippen LogP contribution in [-0.2, 0) is 9.59 Å². The molecule has 0 aliphatic carbocycles. The van der Waals surface area contributed by atoms with Gasteiger partial charge >= 0.3 is 0 Å². The molecule has 7 heteroatoms. The Kier molecular flexibility index (Phi) is 5.40. The van der Waals surface area contributed by atoms with Crippen LogP contribution in [0.15, 0.2) is 66.4 Å². The maximum atomic E-state index is 13.2. The minimum absolute atomic E-state index is 0.126. The Balaban J connectivity index is 2.01. The maximum Gasteiger partial charge on any atom is 0.300 e. The smallest absolute Gasteiger partial charge is 0.300 e. The molecule has 0 radical (unpaired) electrons. The first-order valence-electron chi connectivity index (χ1n) is 10.00. The summed E-state index contributed by atoms with van der Waals surface area (Å²) in [6.45, 7) is 3.66. The van der Waals surface area contributed by atoms with E-state index in [1.54, 1.807) is 48.7 Å². The number of pyridine rings is 1. The third-order valence-electron chi connectivity index (χ3n) is 5.41. The molecule has 0 spiro atoms. The number of aromatic nitrogens is 1. The van der Waals surface area contributed by atoms with E-state index in [2.05, 4.69) is 4.98 Å². The zero-order chi connectivity index (χ0) is 23.0. The number of aryl methyl sites for hydroxylation is 2. The predicted molar refractivity (Wildman–Crippen MR) is 120 cm³/mol. The minimum Gasteiger partial charge on any atom is -0.507 e. The number of aliphatic hydroxyl groups excluding tert-OH is 1. The lowest BCUT2D eigenvalue weighted by molar-refractivity contribution is -0.132. The van der Waals surface area contributed by atoms with Gasteiger partial charge in [-0.25, -0.2) is 0 Å². The Bertz CT molecular complexity index is 1250. The van der Waals surface area contributed by atoms with Crippen molar-refractivity contribution in [3.05, 3.63) is 88.8 Å². The van der Waals surface area contributed by atoms with Crippen molar-refractivity contribution in [2.75, 3.05) is 12.0 Å². The number of Topliss-reactive ketones (excluding diaryl/α,β-unsaturated/α-hetero) is 1. The quantitative estimate of drug-likeness (QED) is 0.368. The summed E-state index contributed by atoms with van der Waals surface area (Å²) in [6, 6.07) is 14.0. The molecule has 1 aliphatic rings. The van der Waals surface area contributed by atoms with E-state index in [9.17, 15) is 19.8 Å². The number of carbonyl (C=O) groups is 2. The Labute approximate surface area is 185 Å². The number of carbonyl (C=O) groups excluding carboxylic acids is 2. The number of ketones is 1. The summed E-state index contributed by atoms with van der Waals surface area (Å²) in [5.41, 5.74) is 2.34. The summed E-state index contributed by atoms with van der Waals surface area (Å²) in [4.78, 5) is 31.9. The standard InChI is InChI=1S/C25H22N2O5/c1-14-8-10-20(32-3)16(12-14)23(29)21-22(17-6-4-5-11-26-17)27(25(31)24(21)30)18-13-15(2)7-9-19(18)28/h4-13,22,28-29H,1-3H3/b23-21+. The monoisotopic (exact) mass is 430 g/mol. The Morgan fingerprint density at radius 3 is 2.44 bits per heavy atom. The second-order valence-electron chi connectivity index (χ2n) is 7.62. The van der Waals surface area contributed by atoms with Gasteiger partial charge in [-0.2, -0.15) is 0 Å². The van der Waals surface area contributed by atoms with Gasteiger partial charge in [0.25, 0.3) is 11.7 Å². The summed E-state index contributed by atoms with van der Waals surface area (Å²) < 4.78 is 5.37. The average molecular weight is 430 g/mol. The van der Waals surface area contributed by atoms with Crippen LogP contribution < -0.4 is 9.64 Å². The number of amides is 1. The third-order valence-corrected chi connectivity index (χ3v) is 5.41. The molecular weight excluding hydrogens is 408 g/mol. The van der Waals surface area contributed by atoms with E-state index >= 15 is 0 Å². The van der Waals surface area contributed by atoms with E-state index < -0.39 is 17.7 Å². The molecule has 1 aromatic heterocycles. The minimum atomic E-state index is -1.03. The summed E-state index contributed by atoms with van der Waals surface area (Å²) in [6.07, 6.45) is 1.54. The molecule has 0 saturated carbocycles. The van der Waals surface area contributed by atoms with Gasteiger partial charge in [-0.1, -0.05) is 23.8 Å². The number of nitrogens with zero attached hydrogens (tertiary/aromatic N) is 2. The molecular formula is C25H22N2O5. The van der Waals surface area contributed by atoms with E-state index in [1.165, 1.54) is 18.1 Å². The predicted octanol–water partition coefficient (Wildman–Crippen LogP) is 4.04. The van der Waals surface area contributed by atoms with Crippen LogP contribution in [0, 0.1) is 13.8 Å². The van der Waals surface area contributed by atoms with E-state index in [0.717, 1.165) is 11.1 Å². The fourth-order valence-corrected chi connectivity index (χ4v) is 3.88. The summed E-state index contributed by atoms with van der Waals surface area (Å²) in [7, 11) is 1.46. The number of phenols is 1. The summed E-state index contributed by atoms with van der Waals surface area (Å²) >= 11 is 0. The first-order valence-corrected chi connectivity index (χ1v) is 10.00. The fraction of sp³-hybridized carbons (Fsp3) is 0.160. The van der Waals surface area contributed by atoms with Gasteiger partial charge in [-0.15, -0.1) is 0 Å². The van der Waals surface area contributed by atoms with E-state index in [1.807, 2.05) is 19.9 Å². The largest absolute Gasteiger partial charge is 0.507 e. The Hall–Kier alpha value is -4.13. The van der Waals surface area contributed by atoms with Crippen molar-refractivity contribution in [2.45, 2.75) is 19.9 Å². The Morgan fingerprint density at radius 1 is 1.03 bits per heavy atom. The second-order valence-corrected chi connectivity index (χ2v) is 7.62. The van der Waals surface area contributed by atoms with Crippen LogP contribution in [0.2, 0.25) is 0 Å². The van der Waals surface area contributed by atoms with Crippen molar-refractivity contribution >= 4 is 23.1 Å². The van der Waals surface area contributed by atoms with Crippen molar-refractivity contribution in [3.63, 3.8) is 0 Å². The van der Waals surface area contributed by atoms with Gasteiger partial charge in [0, 0.05) is 6.20 Å². The number of ether oxygens (including phenoxy) is 1. The number of aliphatic hydroxyl groups is 1. The zero-order valence-corrected chi connectivity index (χ0v) is 17.9. The molecule has 2 heterocycles. The van der Waals surface area contributed by atoms with Crippen molar-refractivity contribution in [2.24, 2.45) is 0 Å².